The number of aliphatic imine (C=N–C) groups is 1. The number of nitrogens with zero attached hydrogens (tertiary/aromatic N) is 4. The highest BCUT2D eigenvalue weighted by Crippen LogP contribution is 2.21. The normalized spacial score (nSPS) is 26.2. The first-order chi connectivity index (χ1) is 12.8. The van der Waals surface area contributed by atoms with Crippen LogP contribution in [0.25, 0.3) is 0 Å². The van der Waals surface area contributed by atoms with Crippen LogP contribution in [-0.4, -0.2) is 98.8 Å². The number of nitrogens with one attached hydrogen (secondary N) is 1. The van der Waals surface area contributed by atoms with E-state index in [9.17, 15) is 0 Å². The molecule has 3 fully saturated rings. The number of hydrogen-bond acceptors (Lipinski definition) is 4. The van der Waals surface area contributed by atoms with Gasteiger partial charge in [-0.1, -0.05) is 6.92 Å². The molecule has 6 nitrogen and oxygen atoms in total. The predicted molar refractivity (Wildman–Crippen MR) is 123 cm³/mol. The zero-order valence-corrected chi connectivity index (χ0v) is 19.7. The maximum absolute atomic E-state index is 5.50. The van der Waals surface area contributed by atoms with Gasteiger partial charge in [0, 0.05) is 45.3 Å². The van der Waals surface area contributed by atoms with Gasteiger partial charge >= 0.3 is 0 Å². The highest BCUT2D eigenvalue weighted by Gasteiger charge is 2.30. The predicted octanol–water partition coefficient (Wildman–Crippen LogP) is 2.10. The molecule has 0 aromatic rings. The lowest BCUT2D eigenvalue weighted by Gasteiger charge is -2.32. The molecule has 0 aromatic carbocycles. The number of likely N-dealkylation sites (tertiary alicyclic amines) is 2. The monoisotopic (exact) mass is 493 g/mol. The van der Waals surface area contributed by atoms with Crippen LogP contribution in [0.2, 0.25) is 0 Å². The third kappa shape index (κ3) is 7.01. The van der Waals surface area contributed by atoms with Crippen LogP contribution in [0.4, 0.5) is 0 Å². The van der Waals surface area contributed by atoms with Crippen molar-refractivity contribution < 1.29 is 4.74 Å². The van der Waals surface area contributed by atoms with E-state index in [0.29, 0.717) is 6.04 Å². The Labute approximate surface area is 183 Å². The second kappa shape index (κ2) is 12.4. The zero-order valence-electron chi connectivity index (χ0n) is 17.4. The third-order valence-corrected chi connectivity index (χ3v) is 6.31. The molecule has 1 unspecified atom stereocenters. The van der Waals surface area contributed by atoms with E-state index in [1.807, 2.05) is 0 Å². The van der Waals surface area contributed by atoms with E-state index in [0.717, 1.165) is 64.4 Å². The van der Waals surface area contributed by atoms with Gasteiger partial charge in [0.2, 0.25) is 0 Å². The molecule has 0 radical (unpaired) electrons. The number of guanidine groups is 1. The zero-order chi connectivity index (χ0) is 18.2. The van der Waals surface area contributed by atoms with Crippen LogP contribution >= 0.6 is 24.0 Å². The smallest absolute Gasteiger partial charge is 0.193 e. The maximum Gasteiger partial charge on any atom is 0.193 e. The van der Waals surface area contributed by atoms with Gasteiger partial charge in [-0.2, -0.15) is 0 Å². The minimum absolute atomic E-state index is 0. The number of hydrogen-bond donors (Lipinski definition) is 1. The number of halogens is 1. The van der Waals surface area contributed by atoms with Crippen LogP contribution in [0.1, 0.15) is 39.5 Å². The van der Waals surface area contributed by atoms with E-state index in [1.54, 1.807) is 0 Å². The van der Waals surface area contributed by atoms with Crippen LogP contribution < -0.4 is 5.32 Å². The van der Waals surface area contributed by atoms with E-state index in [1.165, 1.54) is 45.3 Å². The number of morpholine rings is 1. The second-order valence-electron chi connectivity index (χ2n) is 7.94. The summed E-state index contributed by atoms with van der Waals surface area (Å²) in [7, 11) is 0. The van der Waals surface area contributed by atoms with Crippen LogP contribution in [0.5, 0.6) is 0 Å². The lowest BCUT2D eigenvalue weighted by atomic mass is 9.94. The summed E-state index contributed by atoms with van der Waals surface area (Å²) in [6, 6.07) is 0.668. The van der Waals surface area contributed by atoms with Gasteiger partial charge in [-0.25, -0.2) is 0 Å². The van der Waals surface area contributed by atoms with Crippen LogP contribution in [0, 0.1) is 5.92 Å². The van der Waals surface area contributed by atoms with Gasteiger partial charge in [-0.05, 0) is 58.2 Å². The van der Waals surface area contributed by atoms with Crippen molar-refractivity contribution in [1.82, 2.24) is 20.0 Å². The summed E-state index contributed by atoms with van der Waals surface area (Å²) in [6.07, 6.45) is 5.19. The van der Waals surface area contributed by atoms with Crippen molar-refractivity contribution in [3.05, 3.63) is 0 Å². The van der Waals surface area contributed by atoms with Gasteiger partial charge in [-0.15, -0.1) is 24.0 Å². The molecule has 27 heavy (non-hydrogen) atoms. The van der Waals surface area contributed by atoms with Gasteiger partial charge in [0.05, 0.1) is 13.2 Å². The molecular formula is C20H40IN5O. The number of ether oxygens (including phenoxy) is 1. The van der Waals surface area contributed by atoms with Crippen molar-refractivity contribution in [2.45, 2.75) is 45.6 Å². The van der Waals surface area contributed by atoms with Crippen LogP contribution in [0.15, 0.2) is 4.99 Å². The summed E-state index contributed by atoms with van der Waals surface area (Å²) in [4.78, 5) is 12.6. The molecule has 0 bridgehead atoms. The highest BCUT2D eigenvalue weighted by atomic mass is 127. The van der Waals surface area contributed by atoms with Gasteiger partial charge in [-0.3, -0.25) is 9.89 Å². The molecule has 0 spiro atoms. The number of rotatable bonds is 6. The summed E-state index contributed by atoms with van der Waals surface area (Å²) in [5.41, 5.74) is 0. The first-order valence-corrected chi connectivity index (χ1v) is 10.9. The molecular weight excluding hydrogens is 453 g/mol. The third-order valence-electron chi connectivity index (χ3n) is 6.31. The highest BCUT2D eigenvalue weighted by molar-refractivity contribution is 14.0. The average molecular weight is 493 g/mol. The molecule has 3 saturated heterocycles. The Morgan fingerprint density at radius 1 is 1.04 bits per heavy atom. The van der Waals surface area contributed by atoms with E-state index in [4.69, 9.17) is 9.73 Å². The van der Waals surface area contributed by atoms with Crippen molar-refractivity contribution in [1.29, 1.82) is 0 Å². The Kier molecular flexibility index (Phi) is 10.7. The average Bonchev–Trinajstić information content (AvgIpc) is 3.19. The largest absolute Gasteiger partial charge is 0.379 e. The van der Waals surface area contributed by atoms with Crippen molar-refractivity contribution in [2.75, 3.05) is 72.1 Å². The van der Waals surface area contributed by atoms with Crippen molar-refractivity contribution >= 4 is 29.9 Å². The minimum Gasteiger partial charge on any atom is -0.379 e. The maximum atomic E-state index is 5.50. The van der Waals surface area contributed by atoms with Crippen LogP contribution in [-0.2, 0) is 4.74 Å². The molecule has 0 aliphatic carbocycles. The van der Waals surface area contributed by atoms with E-state index in [2.05, 4.69) is 33.9 Å². The quantitative estimate of drug-likeness (QED) is 0.349. The SMILES string of the molecule is CCNC(=NCCC1CCN(CC)CC1)N1CCC(N2CCOCC2)C1.I. The fourth-order valence-corrected chi connectivity index (χ4v) is 4.55. The summed E-state index contributed by atoms with van der Waals surface area (Å²) in [5, 5.41) is 3.53. The fourth-order valence-electron chi connectivity index (χ4n) is 4.55. The first kappa shape index (κ1) is 23.2. The van der Waals surface area contributed by atoms with E-state index >= 15 is 0 Å². The Hall–Kier alpha value is -0.120. The standard InChI is InChI=1S/C20H39N5O.HI/c1-3-21-20(22-9-5-18-6-10-23(4-2)11-7-18)25-12-8-19(17-25)24-13-15-26-16-14-24;/h18-19H,3-17H2,1-2H3,(H,21,22);1H. The van der Waals surface area contributed by atoms with Crippen LogP contribution in [0.3, 0.4) is 0 Å². The lowest BCUT2D eigenvalue weighted by molar-refractivity contribution is 0.0195. The molecule has 0 saturated carbocycles. The Bertz CT molecular complexity index is 436. The number of piperidine rings is 1. The molecule has 3 aliphatic heterocycles. The fraction of sp³-hybridized carbons (Fsp3) is 0.950. The second-order valence-corrected chi connectivity index (χ2v) is 7.94. The van der Waals surface area contributed by atoms with Crippen molar-refractivity contribution in [2.24, 2.45) is 10.9 Å². The van der Waals surface area contributed by atoms with E-state index < -0.39 is 0 Å². The Morgan fingerprint density at radius 3 is 2.44 bits per heavy atom. The lowest BCUT2D eigenvalue weighted by Crippen LogP contribution is -2.46. The van der Waals surface area contributed by atoms with Gasteiger partial charge in [0.15, 0.2) is 5.96 Å². The van der Waals surface area contributed by atoms with Gasteiger partial charge in [0.1, 0.15) is 0 Å². The molecule has 0 aromatic heterocycles. The molecule has 1 N–H and O–H groups in total. The topological polar surface area (TPSA) is 43.3 Å². The summed E-state index contributed by atoms with van der Waals surface area (Å²) in [5.74, 6) is 2.00. The van der Waals surface area contributed by atoms with Gasteiger partial charge in [0.25, 0.3) is 0 Å². The molecule has 158 valence electrons. The Morgan fingerprint density at radius 2 is 1.78 bits per heavy atom. The van der Waals surface area contributed by atoms with Gasteiger partial charge < -0.3 is 19.9 Å². The Balaban J connectivity index is 0.00000261. The molecule has 1 atom stereocenters. The summed E-state index contributed by atoms with van der Waals surface area (Å²) < 4.78 is 5.50. The summed E-state index contributed by atoms with van der Waals surface area (Å²) >= 11 is 0. The molecule has 0 amide bonds. The first-order valence-electron chi connectivity index (χ1n) is 10.9. The molecule has 3 heterocycles. The van der Waals surface area contributed by atoms with Crippen molar-refractivity contribution in [3.63, 3.8) is 0 Å². The van der Waals surface area contributed by atoms with Crippen molar-refractivity contribution in [3.8, 4) is 0 Å². The van der Waals surface area contributed by atoms with E-state index in [-0.39, 0.29) is 24.0 Å². The molecule has 7 heteroatoms. The minimum atomic E-state index is 0. The molecule has 3 rings (SSSR count). The summed E-state index contributed by atoms with van der Waals surface area (Å²) in [6.45, 7) is 16.3. The molecule has 3 aliphatic rings.